The predicted molar refractivity (Wildman–Crippen MR) is 119 cm³/mol. The summed E-state index contributed by atoms with van der Waals surface area (Å²) in [6.07, 6.45) is 0.955. The van der Waals surface area contributed by atoms with Crippen LogP contribution >= 0.6 is 0 Å². The number of hydrogen-bond donors (Lipinski definition) is 1. The van der Waals surface area contributed by atoms with Gasteiger partial charge in [-0.2, -0.15) is 0 Å². The molecule has 150 valence electrons. The number of amides is 2. The third-order valence-electron chi connectivity index (χ3n) is 5.34. The quantitative estimate of drug-likeness (QED) is 0.646. The summed E-state index contributed by atoms with van der Waals surface area (Å²) in [7, 11) is 5.95. The van der Waals surface area contributed by atoms with E-state index in [1.807, 2.05) is 27.2 Å². The number of hydrogen-bond acceptors (Lipinski definition) is 2. The largest absolute Gasteiger partial charge is 0.338 e. The molecule has 0 saturated heterocycles. The van der Waals surface area contributed by atoms with E-state index in [1.165, 1.54) is 21.8 Å². The first-order valence-electron chi connectivity index (χ1n) is 10.00. The van der Waals surface area contributed by atoms with Crippen LogP contribution in [0, 0.1) is 6.92 Å². The SMILES string of the molecule is Cc1c(NC(=O)N(C)CCCN(C)C)ccc2c1c1ccccc1n2C(C)C. The van der Waals surface area contributed by atoms with Gasteiger partial charge in [-0.1, -0.05) is 18.2 Å². The molecule has 1 N–H and O–H groups in total. The molecule has 2 aromatic carbocycles. The van der Waals surface area contributed by atoms with E-state index in [0.717, 1.165) is 30.8 Å². The Kier molecular flexibility index (Phi) is 5.94. The summed E-state index contributed by atoms with van der Waals surface area (Å²) in [5, 5.41) is 5.56. The third-order valence-corrected chi connectivity index (χ3v) is 5.34. The van der Waals surface area contributed by atoms with Crippen molar-refractivity contribution in [2.75, 3.05) is 39.5 Å². The molecular formula is C23H32N4O. The Morgan fingerprint density at radius 2 is 1.75 bits per heavy atom. The Morgan fingerprint density at radius 3 is 2.43 bits per heavy atom. The number of carbonyl (C=O) groups is 1. The minimum Gasteiger partial charge on any atom is -0.338 e. The lowest BCUT2D eigenvalue weighted by atomic mass is 10.1. The number of aryl methyl sites for hydroxylation is 1. The highest BCUT2D eigenvalue weighted by Gasteiger charge is 2.17. The minimum absolute atomic E-state index is 0.0613. The van der Waals surface area contributed by atoms with Gasteiger partial charge in [0.2, 0.25) is 0 Å². The second-order valence-corrected chi connectivity index (χ2v) is 8.12. The summed E-state index contributed by atoms with van der Waals surface area (Å²) in [4.78, 5) is 16.5. The van der Waals surface area contributed by atoms with Gasteiger partial charge in [-0.3, -0.25) is 0 Å². The molecule has 0 radical (unpaired) electrons. The second kappa shape index (κ2) is 8.23. The lowest BCUT2D eigenvalue weighted by Crippen LogP contribution is -2.33. The predicted octanol–water partition coefficient (Wildman–Crippen LogP) is 5.10. The molecule has 5 heteroatoms. The first kappa shape index (κ1) is 20.2. The Morgan fingerprint density at radius 1 is 1.04 bits per heavy atom. The highest BCUT2D eigenvalue weighted by molar-refractivity contribution is 6.12. The summed E-state index contributed by atoms with van der Waals surface area (Å²) in [5.41, 5.74) is 4.44. The van der Waals surface area contributed by atoms with E-state index in [1.54, 1.807) is 4.90 Å². The van der Waals surface area contributed by atoms with Crippen LogP contribution in [0.1, 0.15) is 31.9 Å². The summed E-state index contributed by atoms with van der Waals surface area (Å²) in [5.74, 6) is 0. The summed E-state index contributed by atoms with van der Waals surface area (Å²) in [6, 6.07) is 13.0. The van der Waals surface area contributed by atoms with Crippen LogP contribution in [-0.4, -0.2) is 54.6 Å². The third kappa shape index (κ3) is 3.85. The van der Waals surface area contributed by atoms with Gasteiger partial charge in [0.1, 0.15) is 0 Å². The topological polar surface area (TPSA) is 40.5 Å². The maximum absolute atomic E-state index is 12.6. The van der Waals surface area contributed by atoms with Crippen LogP contribution < -0.4 is 5.32 Å². The van der Waals surface area contributed by atoms with E-state index >= 15 is 0 Å². The Balaban J connectivity index is 1.93. The smallest absolute Gasteiger partial charge is 0.321 e. The first-order valence-corrected chi connectivity index (χ1v) is 10.00. The monoisotopic (exact) mass is 380 g/mol. The van der Waals surface area contributed by atoms with Crippen LogP contribution in [-0.2, 0) is 0 Å². The number of urea groups is 1. The van der Waals surface area contributed by atoms with Crippen LogP contribution in [0.4, 0.5) is 10.5 Å². The van der Waals surface area contributed by atoms with Crippen LogP contribution in [0.15, 0.2) is 36.4 Å². The van der Waals surface area contributed by atoms with Gasteiger partial charge in [0.05, 0.1) is 0 Å². The number of nitrogens with zero attached hydrogens (tertiary/aromatic N) is 3. The summed E-state index contributed by atoms with van der Waals surface area (Å²) < 4.78 is 2.37. The van der Waals surface area contributed by atoms with Gasteiger partial charge in [0.25, 0.3) is 0 Å². The van der Waals surface area contributed by atoms with Gasteiger partial charge >= 0.3 is 6.03 Å². The lowest BCUT2D eigenvalue weighted by molar-refractivity contribution is 0.220. The molecule has 2 amide bonds. The first-order chi connectivity index (χ1) is 13.3. The highest BCUT2D eigenvalue weighted by atomic mass is 16.2. The van der Waals surface area contributed by atoms with Crippen molar-refractivity contribution >= 4 is 33.5 Å². The molecule has 3 aromatic rings. The van der Waals surface area contributed by atoms with Crippen molar-refractivity contribution in [3.05, 3.63) is 42.0 Å². The number of fused-ring (bicyclic) bond motifs is 3. The Hall–Kier alpha value is -2.53. The molecule has 0 unspecified atom stereocenters. The molecular weight excluding hydrogens is 348 g/mol. The number of para-hydroxylation sites is 1. The number of aromatic nitrogens is 1. The number of benzene rings is 2. The zero-order chi connectivity index (χ0) is 20.4. The van der Waals surface area contributed by atoms with Crippen LogP contribution in [0.5, 0.6) is 0 Å². The van der Waals surface area contributed by atoms with Gasteiger partial charge in [-0.15, -0.1) is 0 Å². The zero-order valence-corrected chi connectivity index (χ0v) is 17.9. The van der Waals surface area contributed by atoms with E-state index in [4.69, 9.17) is 0 Å². The van der Waals surface area contributed by atoms with Gasteiger partial charge < -0.3 is 19.7 Å². The zero-order valence-electron chi connectivity index (χ0n) is 17.9. The molecule has 0 aliphatic carbocycles. The van der Waals surface area contributed by atoms with Crippen molar-refractivity contribution in [1.29, 1.82) is 0 Å². The maximum Gasteiger partial charge on any atom is 0.321 e. The lowest BCUT2D eigenvalue weighted by Gasteiger charge is -2.20. The highest BCUT2D eigenvalue weighted by Crippen LogP contribution is 2.36. The van der Waals surface area contributed by atoms with Crippen molar-refractivity contribution in [3.8, 4) is 0 Å². The van der Waals surface area contributed by atoms with Gasteiger partial charge in [-0.05, 0) is 71.6 Å². The molecule has 1 heterocycles. The molecule has 0 spiro atoms. The molecule has 3 rings (SSSR count). The average molecular weight is 381 g/mol. The second-order valence-electron chi connectivity index (χ2n) is 8.12. The number of rotatable bonds is 6. The molecule has 0 aliphatic heterocycles. The van der Waals surface area contributed by atoms with Gasteiger partial charge in [-0.25, -0.2) is 4.79 Å². The average Bonchev–Trinajstić information content (AvgIpc) is 2.98. The van der Waals surface area contributed by atoms with Crippen molar-refractivity contribution in [2.45, 2.75) is 33.2 Å². The standard InChI is InChI=1S/C23H32N4O/c1-16(2)27-20-11-8-7-10-18(20)22-17(3)19(12-13-21(22)27)24-23(28)26(6)15-9-14-25(4)5/h7-8,10-13,16H,9,14-15H2,1-6H3,(H,24,28). The maximum atomic E-state index is 12.6. The van der Waals surface area contributed by atoms with Crippen molar-refractivity contribution in [2.24, 2.45) is 0 Å². The van der Waals surface area contributed by atoms with Crippen LogP contribution in [0.2, 0.25) is 0 Å². The van der Waals surface area contributed by atoms with Crippen molar-refractivity contribution in [1.82, 2.24) is 14.4 Å². The van der Waals surface area contributed by atoms with Crippen molar-refractivity contribution in [3.63, 3.8) is 0 Å². The van der Waals surface area contributed by atoms with E-state index in [2.05, 4.69) is 65.9 Å². The van der Waals surface area contributed by atoms with Gasteiger partial charge in [0.15, 0.2) is 0 Å². The van der Waals surface area contributed by atoms with Crippen LogP contribution in [0.3, 0.4) is 0 Å². The molecule has 0 aliphatic rings. The molecule has 5 nitrogen and oxygen atoms in total. The molecule has 0 fully saturated rings. The summed E-state index contributed by atoms with van der Waals surface area (Å²) in [6.45, 7) is 8.22. The van der Waals surface area contributed by atoms with Crippen molar-refractivity contribution < 1.29 is 4.79 Å². The normalized spacial score (nSPS) is 11.7. The van der Waals surface area contributed by atoms with Gasteiger partial charge in [0, 0.05) is 47.1 Å². The number of anilines is 1. The number of nitrogens with one attached hydrogen (secondary N) is 1. The fraction of sp³-hybridized carbons (Fsp3) is 0.435. The molecule has 0 bridgehead atoms. The minimum atomic E-state index is -0.0613. The van der Waals surface area contributed by atoms with E-state index in [0.29, 0.717) is 6.04 Å². The Labute approximate surface area is 167 Å². The number of carbonyl (C=O) groups excluding carboxylic acids is 1. The fourth-order valence-electron chi connectivity index (χ4n) is 3.89. The van der Waals surface area contributed by atoms with E-state index in [9.17, 15) is 4.79 Å². The fourth-order valence-corrected chi connectivity index (χ4v) is 3.89. The Bertz CT molecular complexity index is 987. The van der Waals surface area contributed by atoms with E-state index < -0.39 is 0 Å². The summed E-state index contributed by atoms with van der Waals surface area (Å²) >= 11 is 0. The molecule has 28 heavy (non-hydrogen) atoms. The van der Waals surface area contributed by atoms with Crippen LogP contribution in [0.25, 0.3) is 21.8 Å². The molecule has 0 atom stereocenters. The molecule has 0 saturated carbocycles. The van der Waals surface area contributed by atoms with E-state index in [-0.39, 0.29) is 6.03 Å². The molecule has 1 aromatic heterocycles.